The quantitative estimate of drug-likeness (QED) is 0.902. The zero-order valence-electron chi connectivity index (χ0n) is 12.5. The molecule has 112 valence electrons. The molecule has 20 heavy (non-hydrogen) atoms. The minimum atomic E-state index is -0.501. The van der Waals surface area contributed by atoms with Gasteiger partial charge in [-0.3, -0.25) is 4.90 Å². The minimum Gasteiger partial charge on any atom is -0.490 e. The van der Waals surface area contributed by atoms with Crippen molar-refractivity contribution in [3.8, 4) is 5.75 Å². The Balaban J connectivity index is 2.42. The van der Waals surface area contributed by atoms with Crippen LogP contribution >= 0.6 is 11.6 Å². The molecule has 2 rings (SSSR count). The molecular weight excluding hydrogens is 274 g/mol. The molecule has 0 aliphatic carbocycles. The summed E-state index contributed by atoms with van der Waals surface area (Å²) in [4.78, 5) is 2.35. The number of hydrogen-bond donors (Lipinski definition) is 1. The maximum Gasteiger partial charge on any atom is 0.127 e. The van der Waals surface area contributed by atoms with Gasteiger partial charge in [0.2, 0.25) is 0 Å². The van der Waals surface area contributed by atoms with E-state index in [0.29, 0.717) is 11.6 Å². The third-order valence-corrected chi connectivity index (χ3v) is 3.98. The third-order valence-electron chi connectivity index (χ3n) is 3.76. The van der Waals surface area contributed by atoms with Crippen LogP contribution in [-0.4, -0.2) is 35.8 Å². The predicted molar refractivity (Wildman–Crippen MR) is 82.6 cm³/mol. The molecule has 4 heteroatoms. The Morgan fingerprint density at radius 2 is 1.95 bits per heavy atom. The molecule has 0 radical (unpaired) electrons. The molecule has 1 aromatic rings. The highest BCUT2D eigenvalue weighted by atomic mass is 35.5. The number of rotatable bonds is 5. The van der Waals surface area contributed by atoms with Crippen LogP contribution in [0.3, 0.4) is 0 Å². The summed E-state index contributed by atoms with van der Waals surface area (Å²) in [5.74, 6) is 0.891. The smallest absolute Gasteiger partial charge is 0.127 e. The van der Waals surface area contributed by atoms with Crippen molar-refractivity contribution in [3.05, 3.63) is 28.3 Å². The van der Waals surface area contributed by atoms with Gasteiger partial charge in [0.05, 0.1) is 6.04 Å². The fraction of sp³-hybridized carbons (Fsp3) is 0.625. The Morgan fingerprint density at radius 3 is 2.55 bits per heavy atom. The molecule has 0 bridgehead atoms. The second-order valence-electron chi connectivity index (χ2n) is 5.50. The summed E-state index contributed by atoms with van der Waals surface area (Å²) in [5.41, 5.74) is 2.06. The Bertz CT molecular complexity index is 458. The number of aryl methyl sites for hydroxylation is 1. The maximum absolute atomic E-state index is 10.4. The lowest BCUT2D eigenvalue weighted by Gasteiger charge is -2.39. The van der Waals surface area contributed by atoms with E-state index in [4.69, 9.17) is 16.3 Å². The van der Waals surface area contributed by atoms with Gasteiger partial charge in [-0.2, -0.15) is 0 Å². The van der Waals surface area contributed by atoms with Crippen molar-refractivity contribution < 1.29 is 9.84 Å². The van der Waals surface area contributed by atoms with Gasteiger partial charge in [0.1, 0.15) is 18.5 Å². The van der Waals surface area contributed by atoms with Crippen LogP contribution in [0, 0.1) is 6.92 Å². The summed E-state index contributed by atoms with van der Waals surface area (Å²) in [6.45, 7) is 8.63. The summed E-state index contributed by atoms with van der Waals surface area (Å²) < 4.78 is 5.72. The molecular formula is C16H24ClNO2. The number of fused-ring (bicyclic) bond motifs is 1. The van der Waals surface area contributed by atoms with E-state index in [-0.39, 0.29) is 6.04 Å². The molecule has 2 unspecified atom stereocenters. The third kappa shape index (κ3) is 3.11. The van der Waals surface area contributed by atoms with Crippen molar-refractivity contribution in [1.29, 1.82) is 0 Å². The minimum absolute atomic E-state index is 0.0175. The van der Waals surface area contributed by atoms with Crippen molar-refractivity contribution in [2.45, 2.75) is 45.8 Å². The number of halogens is 1. The van der Waals surface area contributed by atoms with E-state index in [0.717, 1.165) is 42.8 Å². The van der Waals surface area contributed by atoms with E-state index >= 15 is 0 Å². The molecule has 0 saturated heterocycles. The fourth-order valence-electron chi connectivity index (χ4n) is 3.04. The van der Waals surface area contributed by atoms with Crippen LogP contribution in [0.2, 0.25) is 5.02 Å². The first kappa shape index (κ1) is 15.6. The van der Waals surface area contributed by atoms with E-state index in [1.807, 2.05) is 19.1 Å². The number of aliphatic hydroxyl groups excluding tert-OH is 1. The van der Waals surface area contributed by atoms with Gasteiger partial charge >= 0.3 is 0 Å². The van der Waals surface area contributed by atoms with Gasteiger partial charge in [0.25, 0.3) is 0 Å². The first-order valence-corrected chi connectivity index (χ1v) is 7.81. The van der Waals surface area contributed by atoms with Gasteiger partial charge in [-0.1, -0.05) is 25.4 Å². The summed E-state index contributed by atoms with van der Waals surface area (Å²) in [6.07, 6.45) is 1.64. The lowest BCUT2D eigenvalue weighted by atomic mass is 9.94. The first-order chi connectivity index (χ1) is 9.58. The molecule has 0 saturated carbocycles. The van der Waals surface area contributed by atoms with Crippen molar-refractivity contribution >= 4 is 11.6 Å². The van der Waals surface area contributed by atoms with Crippen LogP contribution in [0.25, 0.3) is 0 Å². The van der Waals surface area contributed by atoms with Crippen LogP contribution in [-0.2, 0) is 0 Å². The maximum atomic E-state index is 10.4. The molecule has 0 fully saturated rings. The van der Waals surface area contributed by atoms with Gasteiger partial charge in [-0.25, -0.2) is 0 Å². The highest BCUT2D eigenvalue weighted by Crippen LogP contribution is 2.40. The molecule has 1 heterocycles. The number of aliphatic hydroxyl groups is 1. The largest absolute Gasteiger partial charge is 0.490 e. The lowest BCUT2D eigenvalue weighted by molar-refractivity contribution is -0.000474. The summed E-state index contributed by atoms with van der Waals surface area (Å²) in [5, 5.41) is 11.1. The lowest BCUT2D eigenvalue weighted by Crippen LogP contribution is -2.43. The second kappa shape index (κ2) is 6.79. The summed E-state index contributed by atoms with van der Waals surface area (Å²) in [6, 6.07) is 3.84. The highest BCUT2D eigenvalue weighted by molar-refractivity contribution is 6.30. The van der Waals surface area contributed by atoms with Crippen molar-refractivity contribution in [3.63, 3.8) is 0 Å². The Hall–Kier alpha value is -0.770. The van der Waals surface area contributed by atoms with Gasteiger partial charge in [0.15, 0.2) is 0 Å². The highest BCUT2D eigenvalue weighted by Gasteiger charge is 2.34. The second-order valence-corrected chi connectivity index (χ2v) is 5.94. The standard InChI is InChI=1S/C16H24ClNO2/c1-4-6-18(7-5-2)15-13-9-12(17)8-11(3)16(13)20-10-14(15)19/h8-9,14-15,19H,4-7,10H2,1-3H3. The van der Waals surface area contributed by atoms with E-state index < -0.39 is 6.10 Å². The van der Waals surface area contributed by atoms with Crippen LogP contribution in [0.5, 0.6) is 5.75 Å². The van der Waals surface area contributed by atoms with Crippen molar-refractivity contribution in [2.75, 3.05) is 19.7 Å². The van der Waals surface area contributed by atoms with E-state index in [2.05, 4.69) is 18.7 Å². The van der Waals surface area contributed by atoms with E-state index in [1.54, 1.807) is 0 Å². The Kier molecular flexibility index (Phi) is 5.30. The Morgan fingerprint density at radius 1 is 1.30 bits per heavy atom. The van der Waals surface area contributed by atoms with E-state index in [1.165, 1.54) is 0 Å². The van der Waals surface area contributed by atoms with Crippen LogP contribution in [0.15, 0.2) is 12.1 Å². The normalized spacial score (nSPS) is 21.7. The Labute approximate surface area is 126 Å². The molecule has 1 N–H and O–H groups in total. The zero-order valence-corrected chi connectivity index (χ0v) is 13.3. The van der Waals surface area contributed by atoms with Gasteiger partial charge in [-0.05, 0) is 50.6 Å². The van der Waals surface area contributed by atoms with Crippen molar-refractivity contribution in [2.24, 2.45) is 0 Å². The number of nitrogens with zero attached hydrogens (tertiary/aromatic N) is 1. The SMILES string of the molecule is CCCN(CCC)C1c2cc(Cl)cc(C)c2OCC1O. The zero-order chi connectivity index (χ0) is 14.7. The average Bonchev–Trinajstić information content (AvgIpc) is 2.38. The molecule has 1 aromatic carbocycles. The summed E-state index contributed by atoms with van der Waals surface area (Å²) >= 11 is 6.20. The average molecular weight is 298 g/mol. The van der Waals surface area contributed by atoms with Crippen LogP contribution in [0.4, 0.5) is 0 Å². The van der Waals surface area contributed by atoms with Gasteiger partial charge in [-0.15, -0.1) is 0 Å². The van der Waals surface area contributed by atoms with Gasteiger partial charge < -0.3 is 9.84 Å². The molecule has 0 amide bonds. The number of benzene rings is 1. The predicted octanol–water partition coefficient (Wildman–Crippen LogP) is 3.56. The molecule has 3 nitrogen and oxygen atoms in total. The monoisotopic (exact) mass is 297 g/mol. The van der Waals surface area contributed by atoms with Crippen LogP contribution in [0.1, 0.15) is 43.9 Å². The molecule has 0 aromatic heterocycles. The molecule has 2 atom stereocenters. The number of hydrogen-bond acceptors (Lipinski definition) is 3. The fourth-order valence-corrected chi connectivity index (χ4v) is 3.33. The number of ether oxygens (including phenoxy) is 1. The first-order valence-electron chi connectivity index (χ1n) is 7.43. The molecule has 1 aliphatic rings. The topological polar surface area (TPSA) is 32.7 Å². The van der Waals surface area contributed by atoms with Crippen LogP contribution < -0.4 is 4.74 Å². The van der Waals surface area contributed by atoms with Crippen molar-refractivity contribution in [1.82, 2.24) is 4.90 Å². The van der Waals surface area contributed by atoms with E-state index in [9.17, 15) is 5.11 Å². The van der Waals surface area contributed by atoms with Gasteiger partial charge in [0, 0.05) is 10.6 Å². The molecule has 1 aliphatic heterocycles. The summed E-state index contributed by atoms with van der Waals surface area (Å²) in [7, 11) is 0. The molecule has 0 spiro atoms.